The van der Waals surface area contributed by atoms with Gasteiger partial charge in [0.1, 0.15) is 6.04 Å². The SMILES string of the molecule is CCCNC(=O)[C@H](C)N(Cc1cccc(Cl)c1)C(=O)CCCN(c1cc(Cl)ccc1C)S(C)(=O)=O. The molecule has 2 aromatic carbocycles. The first-order valence-electron chi connectivity index (χ1n) is 11.5. The molecule has 0 aliphatic carbocycles. The van der Waals surface area contributed by atoms with Gasteiger partial charge in [-0.3, -0.25) is 13.9 Å². The Bertz CT molecular complexity index is 1140. The van der Waals surface area contributed by atoms with Crippen LogP contribution >= 0.6 is 23.2 Å². The lowest BCUT2D eigenvalue weighted by atomic mass is 10.1. The van der Waals surface area contributed by atoms with Gasteiger partial charge in [0.05, 0.1) is 11.9 Å². The van der Waals surface area contributed by atoms with Crippen LogP contribution in [0.2, 0.25) is 10.0 Å². The van der Waals surface area contributed by atoms with Crippen molar-refractivity contribution >= 4 is 50.7 Å². The lowest BCUT2D eigenvalue weighted by molar-refractivity contribution is -0.140. The zero-order chi connectivity index (χ0) is 26.2. The van der Waals surface area contributed by atoms with Crippen LogP contribution in [0.25, 0.3) is 0 Å². The van der Waals surface area contributed by atoms with E-state index in [0.29, 0.717) is 22.3 Å². The van der Waals surface area contributed by atoms with E-state index >= 15 is 0 Å². The smallest absolute Gasteiger partial charge is 0.242 e. The zero-order valence-corrected chi connectivity index (χ0v) is 22.9. The molecule has 0 heterocycles. The molecule has 10 heteroatoms. The van der Waals surface area contributed by atoms with Gasteiger partial charge in [-0.05, 0) is 62.1 Å². The highest BCUT2D eigenvalue weighted by atomic mass is 35.5. The minimum Gasteiger partial charge on any atom is -0.354 e. The molecule has 1 atom stereocenters. The lowest BCUT2D eigenvalue weighted by Gasteiger charge is -2.29. The molecular formula is C25H33Cl2N3O4S. The molecule has 0 aliphatic heterocycles. The fourth-order valence-electron chi connectivity index (χ4n) is 3.64. The number of anilines is 1. The minimum absolute atomic E-state index is 0.0671. The van der Waals surface area contributed by atoms with Crippen LogP contribution in [0, 0.1) is 6.92 Å². The third-order valence-electron chi connectivity index (χ3n) is 5.55. The highest BCUT2D eigenvalue weighted by Gasteiger charge is 2.27. The molecule has 2 rings (SSSR count). The first-order valence-corrected chi connectivity index (χ1v) is 14.1. The van der Waals surface area contributed by atoms with Crippen molar-refractivity contribution in [3.8, 4) is 0 Å². The van der Waals surface area contributed by atoms with E-state index in [0.717, 1.165) is 23.8 Å². The van der Waals surface area contributed by atoms with Crippen molar-refractivity contribution in [2.45, 2.75) is 52.6 Å². The monoisotopic (exact) mass is 541 g/mol. The Kier molecular flexibility index (Phi) is 10.9. The number of sulfonamides is 1. The van der Waals surface area contributed by atoms with Crippen LogP contribution in [-0.4, -0.2) is 50.5 Å². The van der Waals surface area contributed by atoms with E-state index in [1.807, 2.05) is 13.0 Å². The summed E-state index contributed by atoms with van der Waals surface area (Å²) >= 11 is 12.2. The number of carbonyl (C=O) groups is 2. The van der Waals surface area contributed by atoms with E-state index in [1.165, 1.54) is 9.21 Å². The highest BCUT2D eigenvalue weighted by Crippen LogP contribution is 2.27. The topological polar surface area (TPSA) is 86.8 Å². The maximum atomic E-state index is 13.3. The van der Waals surface area contributed by atoms with E-state index in [9.17, 15) is 18.0 Å². The molecule has 7 nitrogen and oxygen atoms in total. The van der Waals surface area contributed by atoms with Crippen LogP contribution in [0.3, 0.4) is 0 Å². The molecule has 0 spiro atoms. The number of nitrogens with one attached hydrogen (secondary N) is 1. The van der Waals surface area contributed by atoms with E-state index in [1.54, 1.807) is 50.2 Å². The largest absolute Gasteiger partial charge is 0.354 e. The molecule has 2 aromatic rings. The Labute approximate surface area is 218 Å². The maximum absolute atomic E-state index is 13.3. The summed E-state index contributed by atoms with van der Waals surface area (Å²) in [4.78, 5) is 27.4. The van der Waals surface area contributed by atoms with Gasteiger partial charge in [-0.1, -0.05) is 48.3 Å². The van der Waals surface area contributed by atoms with Crippen molar-refractivity contribution in [2.24, 2.45) is 0 Å². The molecule has 0 saturated heterocycles. The predicted molar refractivity (Wildman–Crippen MR) is 142 cm³/mol. The number of amides is 2. The molecule has 2 amide bonds. The van der Waals surface area contributed by atoms with Crippen LogP contribution in [0.1, 0.15) is 44.2 Å². The third-order valence-corrected chi connectivity index (χ3v) is 7.20. The summed E-state index contributed by atoms with van der Waals surface area (Å²) in [5.41, 5.74) is 2.04. The number of aryl methyl sites for hydroxylation is 1. The van der Waals surface area contributed by atoms with Crippen molar-refractivity contribution in [2.75, 3.05) is 23.7 Å². The van der Waals surface area contributed by atoms with Gasteiger partial charge in [0.15, 0.2) is 0 Å². The van der Waals surface area contributed by atoms with Crippen LogP contribution in [0.15, 0.2) is 42.5 Å². The normalized spacial score (nSPS) is 12.2. The number of halogens is 2. The second-order valence-corrected chi connectivity index (χ2v) is 11.3. The quantitative estimate of drug-likeness (QED) is 0.418. The van der Waals surface area contributed by atoms with Gasteiger partial charge in [0, 0.05) is 36.1 Å². The lowest BCUT2D eigenvalue weighted by Crippen LogP contribution is -2.47. The Hall–Kier alpha value is -2.29. The van der Waals surface area contributed by atoms with Crippen molar-refractivity contribution in [1.29, 1.82) is 0 Å². The number of nitrogens with zero attached hydrogens (tertiary/aromatic N) is 2. The Morgan fingerprint density at radius 3 is 2.40 bits per heavy atom. The molecule has 0 radical (unpaired) electrons. The molecule has 0 aromatic heterocycles. The fraction of sp³-hybridized carbons (Fsp3) is 0.440. The van der Waals surface area contributed by atoms with E-state index < -0.39 is 16.1 Å². The second kappa shape index (κ2) is 13.1. The van der Waals surface area contributed by atoms with Crippen LogP contribution in [0.5, 0.6) is 0 Å². The van der Waals surface area contributed by atoms with E-state index in [2.05, 4.69) is 5.32 Å². The maximum Gasteiger partial charge on any atom is 0.242 e. The molecular weight excluding hydrogens is 509 g/mol. The van der Waals surface area contributed by atoms with Gasteiger partial charge in [0.25, 0.3) is 0 Å². The van der Waals surface area contributed by atoms with E-state index in [-0.39, 0.29) is 37.7 Å². The molecule has 1 N–H and O–H groups in total. The summed E-state index contributed by atoms with van der Waals surface area (Å²) in [6.45, 7) is 6.28. The predicted octanol–water partition coefficient (Wildman–Crippen LogP) is 4.79. The fourth-order valence-corrected chi connectivity index (χ4v) is 5.04. The van der Waals surface area contributed by atoms with Gasteiger partial charge in [-0.2, -0.15) is 0 Å². The second-order valence-electron chi connectivity index (χ2n) is 8.49. The van der Waals surface area contributed by atoms with Crippen molar-refractivity contribution in [3.63, 3.8) is 0 Å². The first kappa shape index (κ1) is 28.9. The number of hydrogen-bond acceptors (Lipinski definition) is 4. The average molecular weight is 543 g/mol. The van der Waals surface area contributed by atoms with Crippen molar-refractivity contribution < 1.29 is 18.0 Å². The highest BCUT2D eigenvalue weighted by molar-refractivity contribution is 7.92. The molecule has 192 valence electrons. The molecule has 35 heavy (non-hydrogen) atoms. The Morgan fingerprint density at radius 2 is 1.77 bits per heavy atom. The summed E-state index contributed by atoms with van der Waals surface area (Å²) in [5, 5.41) is 3.80. The van der Waals surface area contributed by atoms with Crippen LogP contribution in [0.4, 0.5) is 5.69 Å². The van der Waals surface area contributed by atoms with Gasteiger partial charge in [-0.15, -0.1) is 0 Å². The summed E-state index contributed by atoms with van der Waals surface area (Å²) in [6.07, 6.45) is 2.25. The van der Waals surface area contributed by atoms with Gasteiger partial charge < -0.3 is 10.2 Å². The van der Waals surface area contributed by atoms with Gasteiger partial charge in [-0.25, -0.2) is 8.42 Å². The number of carbonyl (C=O) groups excluding carboxylic acids is 2. The molecule has 0 fully saturated rings. The van der Waals surface area contributed by atoms with Gasteiger partial charge >= 0.3 is 0 Å². The number of benzene rings is 2. The standard InChI is InChI=1S/C25H33Cl2N3O4S/c1-5-13-28-25(32)19(3)29(17-20-8-6-9-21(26)15-20)24(31)10-7-14-30(35(4,33)34)23-16-22(27)12-11-18(23)2/h6,8-9,11-12,15-16,19H,5,7,10,13-14,17H2,1-4H3,(H,28,32)/t19-/m0/s1. The Morgan fingerprint density at radius 1 is 1.09 bits per heavy atom. The third kappa shape index (κ3) is 8.70. The summed E-state index contributed by atoms with van der Waals surface area (Å²) in [6, 6.07) is 11.5. The minimum atomic E-state index is -3.60. The van der Waals surface area contributed by atoms with Crippen molar-refractivity contribution in [3.05, 3.63) is 63.6 Å². The molecule has 0 aliphatic rings. The molecule has 0 saturated carbocycles. The van der Waals surface area contributed by atoms with Gasteiger partial charge in [0.2, 0.25) is 21.8 Å². The van der Waals surface area contributed by atoms with Crippen LogP contribution < -0.4 is 9.62 Å². The van der Waals surface area contributed by atoms with Crippen LogP contribution in [-0.2, 0) is 26.2 Å². The number of rotatable bonds is 12. The summed E-state index contributed by atoms with van der Waals surface area (Å²) in [7, 11) is -3.60. The number of hydrogen-bond donors (Lipinski definition) is 1. The summed E-state index contributed by atoms with van der Waals surface area (Å²) < 4.78 is 26.3. The summed E-state index contributed by atoms with van der Waals surface area (Å²) in [5.74, 6) is -0.491. The van der Waals surface area contributed by atoms with Crippen molar-refractivity contribution in [1.82, 2.24) is 10.2 Å². The Balaban J connectivity index is 2.19. The average Bonchev–Trinajstić information content (AvgIpc) is 2.79. The van der Waals surface area contributed by atoms with E-state index in [4.69, 9.17) is 23.2 Å². The molecule has 0 bridgehead atoms. The zero-order valence-electron chi connectivity index (χ0n) is 20.6. The first-order chi connectivity index (χ1) is 16.4. The molecule has 0 unspecified atom stereocenters.